The van der Waals surface area contributed by atoms with Gasteiger partial charge in [0, 0.05) is 38.2 Å². The Hall–Kier alpha value is -2.91. The Bertz CT molecular complexity index is 947. The highest BCUT2D eigenvalue weighted by molar-refractivity contribution is 5.84. The number of alkyl halides is 3. The summed E-state index contributed by atoms with van der Waals surface area (Å²) in [4.78, 5) is 29.3. The fourth-order valence-electron chi connectivity index (χ4n) is 4.25. The molecule has 0 spiro atoms. The second kappa shape index (κ2) is 7.65. The van der Waals surface area contributed by atoms with Gasteiger partial charge in [-0.25, -0.2) is 9.97 Å². The number of fused-ring (bicyclic) bond motifs is 1. The predicted molar refractivity (Wildman–Crippen MR) is 105 cm³/mol. The monoisotopic (exact) mass is 433 g/mol. The number of nitrogens with zero attached hydrogens (tertiary/aromatic N) is 5. The topological polar surface area (TPSA) is 71.5 Å². The molecule has 10 heteroatoms. The molecule has 2 aromatic heterocycles. The zero-order valence-electron chi connectivity index (χ0n) is 16.8. The molecule has 0 N–H and O–H groups in total. The standard InChI is InChI=1S/C21H22F3N5O2/c22-21(23,24)14-4-5-18(26-9-14)28-6-1-7-29-15(12-28)8-17(20(29)30)31-19-11-25-16(10-27-19)13-2-3-13/h4-5,9-11,13,15,17H,1-3,6-8,12H2/t15-,17+/m1/s1. The molecule has 1 amide bonds. The van der Waals surface area contributed by atoms with E-state index in [-0.39, 0.29) is 11.9 Å². The first-order valence-corrected chi connectivity index (χ1v) is 10.5. The van der Waals surface area contributed by atoms with Crippen LogP contribution in [0.1, 0.15) is 42.9 Å². The van der Waals surface area contributed by atoms with Gasteiger partial charge in [0.25, 0.3) is 5.91 Å². The molecule has 1 aliphatic carbocycles. The van der Waals surface area contributed by atoms with Crippen LogP contribution in [0.5, 0.6) is 5.88 Å². The number of halogens is 3. The van der Waals surface area contributed by atoms with Crippen molar-refractivity contribution in [3.05, 3.63) is 42.0 Å². The smallest absolute Gasteiger partial charge is 0.417 e. The number of ether oxygens (including phenoxy) is 1. The summed E-state index contributed by atoms with van der Waals surface area (Å²) in [5.41, 5.74) is 0.185. The van der Waals surface area contributed by atoms with Crippen molar-refractivity contribution in [1.29, 1.82) is 0 Å². The van der Waals surface area contributed by atoms with Crippen molar-refractivity contribution in [2.45, 2.75) is 49.9 Å². The molecular weight excluding hydrogens is 411 g/mol. The molecule has 0 unspecified atom stereocenters. The maximum Gasteiger partial charge on any atom is 0.417 e. The lowest BCUT2D eigenvalue weighted by Gasteiger charge is -2.26. The van der Waals surface area contributed by atoms with E-state index >= 15 is 0 Å². The first-order valence-electron chi connectivity index (χ1n) is 10.5. The van der Waals surface area contributed by atoms with Gasteiger partial charge in [-0.1, -0.05) is 0 Å². The van der Waals surface area contributed by atoms with E-state index < -0.39 is 17.8 Å². The quantitative estimate of drug-likeness (QED) is 0.738. The van der Waals surface area contributed by atoms with Crippen molar-refractivity contribution >= 4 is 11.7 Å². The number of hydrogen-bond donors (Lipinski definition) is 0. The van der Waals surface area contributed by atoms with Crippen LogP contribution in [-0.2, 0) is 11.0 Å². The van der Waals surface area contributed by atoms with Crippen LogP contribution in [0.25, 0.3) is 0 Å². The maximum absolute atomic E-state index is 12.9. The van der Waals surface area contributed by atoms with Gasteiger partial charge >= 0.3 is 6.18 Å². The highest BCUT2D eigenvalue weighted by Crippen LogP contribution is 2.38. The van der Waals surface area contributed by atoms with E-state index in [9.17, 15) is 18.0 Å². The molecule has 7 nitrogen and oxygen atoms in total. The van der Waals surface area contributed by atoms with Crippen LogP contribution in [0, 0.1) is 0 Å². The molecule has 3 fully saturated rings. The number of rotatable bonds is 4. The van der Waals surface area contributed by atoms with E-state index in [0.29, 0.717) is 50.1 Å². The Morgan fingerprint density at radius 1 is 1.03 bits per heavy atom. The normalized spacial score (nSPS) is 24.2. The maximum atomic E-state index is 12.9. The van der Waals surface area contributed by atoms with Gasteiger partial charge in [0.1, 0.15) is 5.82 Å². The van der Waals surface area contributed by atoms with Crippen molar-refractivity contribution in [3.63, 3.8) is 0 Å². The summed E-state index contributed by atoms with van der Waals surface area (Å²) in [6.45, 7) is 1.70. The van der Waals surface area contributed by atoms with Crippen molar-refractivity contribution in [1.82, 2.24) is 19.9 Å². The molecule has 0 bridgehead atoms. The molecule has 1 saturated carbocycles. The third-order valence-electron chi connectivity index (χ3n) is 6.05. The van der Waals surface area contributed by atoms with Gasteiger partial charge in [0.2, 0.25) is 5.88 Å². The highest BCUT2D eigenvalue weighted by atomic mass is 19.4. The van der Waals surface area contributed by atoms with E-state index in [2.05, 4.69) is 15.0 Å². The third-order valence-corrected chi connectivity index (χ3v) is 6.05. The molecule has 2 saturated heterocycles. The second-order valence-corrected chi connectivity index (χ2v) is 8.28. The van der Waals surface area contributed by atoms with Crippen molar-refractivity contribution in [3.8, 4) is 5.88 Å². The van der Waals surface area contributed by atoms with Crippen LogP contribution in [0.3, 0.4) is 0 Å². The lowest BCUT2D eigenvalue weighted by Crippen LogP contribution is -2.39. The molecule has 164 valence electrons. The van der Waals surface area contributed by atoms with Crippen LogP contribution in [-0.4, -0.2) is 57.5 Å². The first-order chi connectivity index (χ1) is 14.9. The van der Waals surface area contributed by atoms with Crippen LogP contribution in [0.2, 0.25) is 0 Å². The lowest BCUT2D eigenvalue weighted by molar-refractivity contribution is -0.138. The Kier molecular flexibility index (Phi) is 4.94. The molecule has 5 rings (SSSR count). The van der Waals surface area contributed by atoms with E-state index in [1.165, 1.54) is 6.07 Å². The number of pyridine rings is 1. The average Bonchev–Trinajstić information content (AvgIpc) is 3.57. The fraction of sp³-hybridized carbons (Fsp3) is 0.524. The van der Waals surface area contributed by atoms with Gasteiger partial charge in [-0.3, -0.25) is 9.78 Å². The van der Waals surface area contributed by atoms with Crippen LogP contribution in [0.15, 0.2) is 30.7 Å². The van der Waals surface area contributed by atoms with Crippen LogP contribution < -0.4 is 9.64 Å². The summed E-state index contributed by atoms with van der Waals surface area (Å²) in [6, 6.07) is 2.34. The van der Waals surface area contributed by atoms with Gasteiger partial charge in [-0.05, 0) is 31.4 Å². The first kappa shape index (κ1) is 20.0. The number of carbonyl (C=O) groups excluding carboxylic acids is 1. The highest BCUT2D eigenvalue weighted by Gasteiger charge is 2.43. The Morgan fingerprint density at radius 3 is 2.52 bits per heavy atom. The number of hydrogen-bond acceptors (Lipinski definition) is 6. The zero-order valence-corrected chi connectivity index (χ0v) is 16.8. The summed E-state index contributed by atoms with van der Waals surface area (Å²) in [5, 5.41) is 0. The van der Waals surface area contributed by atoms with E-state index in [0.717, 1.165) is 30.8 Å². The average molecular weight is 433 g/mol. The number of aromatic nitrogens is 3. The van der Waals surface area contributed by atoms with Gasteiger partial charge in [0.05, 0.1) is 29.7 Å². The van der Waals surface area contributed by atoms with Crippen molar-refractivity contribution in [2.24, 2.45) is 0 Å². The minimum absolute atomic E-state index is 0.0831. The predicted octanol–water partition coefficient (Wildman–Crippen LogP) is 3.03. The molecule has 2 atom stereocenters. The SMILES string of the molecule is O=C1[C@@H](Oc2cnc(C3CC3)cn2)C[C@@H]2CN(c3ccc(C(F)(F)F)cn3)CCCN12. The van der Waals surface area contributed by atoms with Gasteiger partial charge in [-0.15, -0.1) is 0 Å². The summed E-state index contributed by atoms with van der Waals surface area (Å²) >= 11 is 0. The van der Waals surface area contributed by atoms with E-state index in [4.69, 9.17) is 4.74 Å². The minimum atomic E-state index is -4.41. The summed E-state index contributed by atoms with van der Waals surface area (Å²) in [5.74, 6) is 1.23. The summed E-state index contributed by atoms with van der Waals surface area (Å²) < 4.78 is 44.3. The molecule has 2 aliphatic heterocycles. The molecule has 0 radical (unpaired) electrons. The molecule has 4 heterocycles. The van der Waals surface area contributed by atoms with Gasteiger partial charge < -0.3 is 14.5 Å². The summed E-state index contributed by atoms with van der Waals surface area (Å²) in [6.07, 6.45) is 2.55. The number of anilines is 1. The fourth-order valence-corrected chi connectivity index (χ4v) is 4.25. The van der Waals surface area contributed by atoms with Crippen LogP contribution in [0.4, 0.5) is 19.0 Å². The third kappa shape index (κ3) is 4.15. The van der Waals surface area contributed by atoms with E-state index in [1.807, 2.05) is 4.90 Å². The second-order valence-electron chi connectivity index (χ2n) is 8.28. The zero-order chi connectivity index (χ0) is 21.6. The Labute approximate surface area is 177 Å². The van der Waals surface area contributed by atoms with Crippen molar-refractivity contribution < 1.29 is 22.7 Å². The molecule has 2 aromatic rings. The lowest BCUT2D eigenvalue weighted by atomic mass is 10.2. The molecule has 31 heavy (non-hydrogen) atoms. The molecule has 0 aromatic carbocycles. The largest absolute Gasteiger partial charge is 0.463 e. The Balaban J connectivity index is 1.26. The summed E-state index contributed by atoms with van der Waals surface area (Å²) in [7, 11) is 0. The van der Waals surface area contributed by atoms with E-state index in [1.54, 1.807) is 17.3 Å². The molecular formula is C21H22F3N5O2. The van der Waals surface area contributed by atoms with Gasteiger partial charge in [0.15, 0.2) is 6.10 Å². The number of carbonyl (C=O) groups is 1. The number of amides is 1. The van der Waals surface area contributed by atoms with Crippen LogP contribution >= 0.6 is 0 Å². The van der Waals surface area contributed by atoms with Crippen molar-refractivity contribution in [2.75, 3.05) is 24.5 Å². The van der Waals surface area contributed by atoms with Gasteiger partial charge in [-0.2, -0.15) is 13.2 Å². The minimum Gasteiger partial charge on any atom is -0.463 e. The molecule has 3 aliphatic rings. The Morgan fingerprint density at radius 2 is 1.87 bits per heavy atom.